The van der Waals surface area contributed by atoms with Crippen LogP contribution in [-0.2, 0) is 16.1 Å². The van der Waals surface area contributed by atoms with Gasteiger partial charge in [-0.1, -0.05) is 36.4 Å². The van der Waals surface area contributed by atoms with Crippen molar-refractivity contribution in [1.29, 1.82) is 0 Å². The van der Waals surface area contributed by atoms with Crippen LogP contribution in [0.2, 0.25) is 0 Å². The Balaban J connectivity index is 0.000000538. The van der Waals surface area contributed by atoms with Crippen LogP contribution in [0.15, 0.2) is 48.5 Å². The van der Waals surface area contributed by atoms with E-state index in [4.69, 9.17) is 29.3 Å². The average molecular weight is 499 g/mol. The zero-order valence-electron chi connectivity index (χ0n) is 21.3. The fraction of sp³-hybridized carbons (Fsp3) is 0.500. The molecule has 2 aromatic rings. The largest absolute Gasteiger partial charge is 0.493 e. The number of carbonyl (C=O) groups is 2. The average Bonchev–Trinajstić information content (AvgIpc) is 2.90. The number of benzene rings is 2. The molecule has 1 heterocycles. The van der Waals surface area contributed by atoms with Crippen molar-refractivity contribution in [2.24, 2.45) is 0 Å². The summed E-state index contributed by atoms with van der Waals surface area (Å²) >= 11 is 0. The molecule has 0 radical (unpaired) electrons. The number of nitrogens with zero attached hydrogens (tertiary/aromatic N) is 2. The molecule has 0 spiro atoms. The summed E-state index contributed by atoms with van der Waals surface area (Å²) in [4.78, 5) is 23.5. The number of ether oxygens (including phenoxy) is 2. The molecule has 1 aliphatic heterocycles. The van der Waals surface area contributed by atoms with E-state index in [0.717, 1.165) is 43.1 Å². The van der Waals surface area contributed by atoms with Gasteiger partial charge < -0.3 is 19.7 Å². The SMILES string of the molecule is CCOc1cc(CN2CCN(C3CCC(c4ccccc4)CC3)CC2)ccc1OC.O=C(O)C(=O)O. The minimum absolute atomic E-state index is 0.658. The van der Waals surface area contributed by atoms with Crippen LogP contribution in [0.5, 0.6) is 11.5 Å². The number of piperazine rings is 1. The lowest BCUT2D eigenvalue weighted by Crippen LogP contribution is -2.50. The first-order valence-corrected chi connectivity index (χ1v) is 12.7. The first-order chi connectivity index (χ1) is 17.4. The van der Waals surface area contributed by atoms with Gasteiger partial charge in [0.15, 0.2) is 11.5 Å². The van der Waals surface area contributed by atoms with Gasteiger partial charge in [-0.05, 0) is 61.8 Å². The van der Waals surface area contributed by atoms with Crippen LogP contribution < -0.4 is 9.47 Å². The van der Waals surface area contributed by atoms with Crippen LogP contribution in [0.1, 0.15) is 49.7 Å². The molecule has 2 fully saturated rings. The number of hydrogen-bond acceptors (Lipinski definition) is 6. The Morgan fingerprint density at radius 3 is 2.08 bits per heavy atom. The fourth-order valence-corrected chi connectivity index (χ4v) is 5.13. The Morgan fingerprint density at radius 1 is 0.889 bits per heavy atom. The highest BCUT2D eigenvalue weighted by molar-refractivity contribution is 6.27. The summed E-state index contributed by atoms with van der Waals surface area (Å²) in [5.74, 6) is -1.22. The smallest absolute Gasteiger partial charge is 0.414 e. The second-order valence-electron chi connectivity index (χ2n) is 9.26. The van der Waals surface area contributed by atoms with E-state index in [0.29, 0.717) is 6.61 Å². The van der Waals surface area contributed by atoms with Gasteiger partial charge in [-0.2, -0.15) is 0 Å². The number of aliphatic carboxylic acids is 2. The lowest BCUT2D eigenvalue weighted by Gasteiger charge is -2.42. The predicted octanol–water partition coefficient (Wildman–Crippen LogP) is 4.09. The van der Waals surface area contributed by atoms with Crippen molar-refractivity contribution < 1.29 is 29.3 Å². The Bertz CT molecular complexity index is 955. The normalized spacial score (nSPS) is 20.6. The maximum atomic E-state index is 9.10. The number of methoxy groups -OCH3 is 1. The van der Waals surface area contributed by atoms with E-state index in [9.17, 15) is 0 Å². The van der Waals surface area contributed by atoms with Gasteiger partial charge in [0.2, 0.25) is 0 Å². The van der Waals surface area contributed by atoms with Crippen molar-refractivity contribution in [3.8, 4) is 11.5 Å². The molecule has 1 aliphatic carbocycles. The van der Waals surface area contributed by atoms with Crippen molar-refractivity contribution >= 4 is 11.9 Å². The zero-order valence-corrected chi connectivity index (χ0v) is 21.3. The first kappa shape index (κ1) is 27.5. The summed E-state index contributed by atoms with van der Waals surface area (Å²) in [7, 11) is 1.70. The van der Waals surface area contributed by atoms with Crippen LogP contribution >= 0.6 is 0 Å². The maximum Gasteiger partial charge on any atom is 0.414 e. The zero-order chi connectivity index (χ0) is 25.9. The minimum atomic E-state index is -1.82. The Hall–Kier alpha value is -3.10. The molecule has 1 saturated carbocycles. The van der Waals surface area contributed by atoms with Crippen molar-refractivity contribution in [3.63, 3.8) is 0 Å². The van der Waals surface area contributed by atoms with Crippen LogP contribution in [0, 0.1) is 0 Å². The summed E-state index contributed by atoms with van der Waals surface area (Å²) in [5.41, 5.74) is 2.84. The van der Waals surface area contributed by atoms with Gasteiger partial charge in [-0.25, -0.2) is 9.59 Å². The predicted molar refractivity (Wildman–Crippen MR) is 138 cm³/mol. The van der Waals surface area contributed by atoms with Gasteiger partial charge in [0.25, 0.3) is 0 Å². The van der Waals surface area contributed by atoms with Crippen molar-refractivity contribution in [1.82, 2.24) is 9.80 Å². The molecule has 8 nitrogen and oxygen atoms in total. The summed E-state index contributed by atoms with van der Waals surface area (Å²) in [6.07, 6.45) is 5.35. The van der Waals surface area contributed by atoms with Crippen molar-refractivity contribution in [2.75, 3.05) is 39.9 Å². The summed E-state index contributed by atoms with van der Waals surface area (Å²) in [6.45, 7) is 8.33. The molecule has 36 heavy (non-hydrogen) atoms. The molecule has 8 heteroatoms. The van der Waals surface area contributed by atoms with E-state index < -0.39 is 11.9 Å². The second kappa shape index (κ2) is 13.8. The standard InChI is InChI=1S/C26H36N2O2.C2H2O4/c1-3-30-26-19-21(9-14-25(26)29-2)20-27-15-17-28(18-16-27)24-12-10-23(11-13-24)22-7-5-4-6-8-22;3-1(4)2(5)6/h4-9,14,19,23-24H,3,10-13,15-18,20H2,1-2H3;(H,3,4)(H,5,6). The van der Waals surface area contributed by atoms with E-state index in [2.05, 4.69) is 52.3 Å². The molecule has 196 valence electrons. The summed E-state index contributed by atoms with van der Waals surface area (Å²) < 4.78 is 11.2. The summed E-state index contributed by atoms with van der Waals surface area (Å²) in [6, 6.07) is 18.2. The Labute approximate surface area is 213 Å². The molecule has 2 aliphatic rings. The third kappa shape index (κ3) is 7.96. The van der Waals surface area contributed by atoms with E-state index in [1.165, 1.54) is 49.9 Å². The first-order valence-electron chi connectivity index (χ1n) is 12.7. The monoisotopic (exact) mass is 498 g/mol. The number of carboxylic acid groups (broad SMARTS) is 2. The molecule has 1 saturated heterocycles. The lowest BCUT2D eigenvalue weighted by molar-refractivity contribution is -0.159. The fourth-order valence-electron chi connectivity index (χ4n) is 5.13. The highest BCUT2D eigenvalue weighted by Gasteiger charge is 2.28. The third-order valence-corrected chi connectivity index (χ3v) is 7.01. The van der Waals surface area contributed by atoms with Gasteiger partial charge in [0.05, 0.1) is 13.7 Å². The van der Waals surface area contributed by atoms with Gasteiger partial charge in [0, 0.05) is 38.8 Å². The van der Waals surface area contributed by atoms with Crippen LogP contribution in [-0.4, -0.2) is 77.9 Å². The summed E-state index contributed by atoms with van der Waals surface area (Å²) in [5, 5.41) is 14.8. The number of carboxylic acids is 2. The van der Waals surface area contributed by atoms with E-state index in [1.807, 2.05) is 13.0 Å². The van der Waals surface area contributed by atoms with Crippen LogP contribution in [0.4, 0.5) is 0 Å². The molecule has 0 amide bonds. The molecule has 2 N–H and O–H groups in total. The molecular weight excluding hydrogens is 460 g/mol. The topological polar surface area (TPSA) is 99.5 Å². The van der Waals surface area contributed by atoms with Crippen molar-refractivity contribution in [3.05, 3.63) is 59.7 Å². The Kier molecular flexibility index (Phi) is 10.6. The van der Waals surface area contributed by atoms with Crippen molar-refractivity contribution in [2.45, 2.75) is 51.1 Å². The highest BCUT2D eigenvalue weighted by Crippen LogP contribution is 2.35. The van der Waals surface area contributed by atoms with E-state index >= 15 is 0 Å². The van der Waals surface area contributed by atoms with Gasteiger partial charge >= 0.3 is 11.9 Å². The molecular formula is C28H38N2O6. The quantitative estimate of drug-likeness (QED) is 0.551. The Morgan fingerprint density at radius 2 is 1.53 bits per heavy atom. The lowest BCUT2D eigenvalue weighted by atomic mass is 9.81. The van der Waals surface area contributed by atoms with Gasteiger partial charge in [-0.15, -0.1) is 0 Å². The third-order valence-electron chi connectivity index (χ3n) is 7.01. The maximum absolute atomic E-state index is 9.10. The van der Waals surface area contributed by atoms with E-state index in [-0.39, 0.29) is 0 Å². The molecule has 4 rings (SSSR count). The minimum Gasteiger partial charge on any atom is -0.493 e. The van der Waals surface area contributed by atoms with Crippen LogP contribution in [0.25, 0.3) is 0 Å². The molecule has 0 unspecified atom stereocenters. The molecule has 0 bridgehead atoms. The van der Waals surface area contributed by atoms with Crippen LogP contribution in [0.3, 0.4) is 0 Å². The highest BCUT2D eigenvalue weighted by atomic mass is 16.5. The molecule has 0 aromatic heterocycles. The molecule has 2 aromatic carbocycles. The number of rotatable bonds is 7. The van der Waals surface area contributed by atoms with Gasteiger partial charge in [0.1, 0.15) is 0 Å². The second-order valence-corrected chi connectivity index (χ2v) is 9.26. The van der Waals surface area contributed by atoms with E-state index in [1.54, 1.807) is 7.11 Å². The van der Waals surface area contributed by atoms with Gasteiger partial charge in [-0.3, -0.25) is 9.80 Å². The number of hydrogen-bond donors (Lipinski definition) is 2. The molecule has 0 atom stereocenters.